The molecule has 3 rings (SSSR count). The van der Waals surface area contributed by atoms with E-state index in [4.69, 9.17) is 0 Å². The van der Waals surface area contributed by atoms with Crippen molar-refractivity contribution in [3.8, 4) is 6.07 Å². The lowest BCUT2D eigenvalue weighted by atomic mass is 9.97. The number of anilines is 1. The number of nitrogens with zero attached hydrogens (tertiary/aromatic N) is 3. The number of carbonyl (C=O) groups is 2. The Morgan fingerprint density at radius 3 is 2.47 bits per heavy atom. The Morgan fingerprint density at radius 1 is 1.22 bits per heavy atom. The number of aryl methyl sites for hydroxylation is 1. The lowest BCUT2D eigenvalue weighted by Gasteiger charge is -2.30. The molecule has 2 fully saturated rings. The van der Waals surface area contributed by atoms with Gasteiger partial charge in [-0.15, -0.1) is 0 Å². The average molecular weight is 461 g/mol. The summed E-state index contributed by atoms with van der Waals surface area (Å²) in [4.78, 5) is 30.4. The van der Waals surface area contributed by atoms with Crippen LogP contribution in [0.5, 0.6) is 0 Å². The van der Waals surface area contributed by atoms with Crippen LogP contribution < -0.4 is 9.62 Å². The molecule has 1 N–H and O–H groups in total. The molecule has 0 radical (unpaired) electrons. The number of piperidine rings is 1. The maximum atomic E-state index is 13.5. The molecule has 1 aliphatic carbocycles. The number of ketones is 1. The second kappa shape index (κ2) is 10.5. The van der Waals surface area contributed by atoms with Crippen LogP contribution in [-0.2, 0) is 14.8 Å². The Bertz CT molecular complexity index is 1000. The smallest absolute Gasteiger partial charge is 0.245 e. The number of hydrogen-bond acceptors (Lipinski definition) is 7. The van der Waals surface area contributed by atoms with Gasteiger partial charge in [0.2, 0.25) is 15.9 Å². The van der Waals surface area contributed by atoms with Crippen molar-refractivity contribution < 1.29 is 18.0 Å². The summed E-state index contributed by atoms with van der Waals surface area (Å²) >= 11 is 0. The van der Waals surface area contributed by atoms with Crippen LogP contribution in [0.15, 0.2) is 6.07 Å². The van der Waals surface area contributed by atoms with Crippen molar-refractivity contribution in [2.75, 3.05) is 23.1 Å². The predicted octanol–water partition coefficient (Wildman–Crippen LogP) is 3.10. The third kappa shape index (κ3) is 5.36. The van der Waals surface area contributed by atoms with Crippen molar-refractivity contribution >= 4 is 27.5 Å². The Kier molecular flexibility index (Phi) is 8.01. The van der Waals surface area contributed by atoms with E-state index in [0.29, 0.717) is 50.0 Å². The van der Waals surface area contributed by atoms with Gasteiger partial charge in [0.1, 0.15) is 6.07 Å². The second-order valence-corrected chi connectivity index (χ2v) is 10.7. The van der Waals surface area contributed by atoms with E-state index in [2.05, 4.69) is 10.3 Å². The Morgan fingerprint density at radius 2 is 1.88 bits per heavy atom. The number of Topliss-reactive ketones (excluding diaryl/α,β-unsaturated/α-hetero) is 1. The number of sulfonamides is 1. The zero-order valence-electron chi connectivity index (χ0n) is 18.9. The molecule has 32 heavy (non-hydrogen) atoms. The zero-order chi connectivity index (χ0) is 23.3. The Hall–Kier alpha value is -2.31. The quantitative estimate of drug-likeness (QED) is 0.592. The van der Waals surface area contributed by atoms with Crippen molar-refractivity contribution in [3.63, 3.8) is 0 Å². The molecule has 0 atom stereocenters. The van der Waals surface area contributed by atoms with Gasteiger partial charge >= 0.3 is 0 Å². The van der Waals surface area contributed by atoms with Crippen LogP contribution in [0, 0.1) is 30.1 Å². The highest BCUT2D eigenvalue weighted by atomic mass is 32.2. The fourth-order valence-corrected chi connectivity index (χ4v) is 6.54. The molecule has 0 aromatic carbocycles. The number of rotatable bonds is 8. The fraction of sp³-hybridized carbons (Fsp3) is 0.652. The summed E-state index contributed by atoms with van der Waals surface area (Å²) < 4.78 is 27.9. The molecule has 1 saturated carbocycles. The van der Waals surface area contributed by atoms with E-state index in [1.54, 1.807) is 6.92 Å². The predicted molar refractivity (Wildman–Crippen MR) is 122 cm³/mol. The average Bonchev–Trinajstić information content (AvgIpc) is 3.26. The highest BCUT2D eigenvalue weighted by Gasteiger charge is 2.39. The first-order chi connectivity index (χ1) is 15.3. The Balaban J connectivity index is 2.07. The molecule has 1 amide bonds. The standard InChI is InChI=1S/C23H32N4O4S/c1-3-6-21(28)20-13-19(14-24)22(26-16(20)2)27(23(29)18-9-11-25-12-10-18)32(30,31)15-17-7-4-5-8-17/h13,17-18,25H,3-12,15H2,1-2H3. The van der Waals surface area contributed by atoms with E-state index in [0.717, 1.165) is 30.0 Å². The molecule has 1 aromatic rings. The van der Waals surface area contributed by atoms with E-state index >= 15 is 0 Å². The highest BCUT2D eigenvalue weighted by Crippen LogP contribution is 2.32. The van der Waals surface area contributed by atoms with Gasteiger partial charge < -0.3 is 5.32 Å². The van der Waals surface area contributed by atoms with Gasteiger partial charge in [-0.2, -0.15) is 9.57 Å². The van der Waals surface area contributed by atoms with Crippen molar-refractivity contribution in [3.05, 3.63) is 22.9 Å². The number of amides is 1. The summed E-state index contributed by atoms with van der Waals surface area (Å²) in [5.41, 5.74) is 0.568. The van der Waals surface area contributed by atoms with Crippen LogP contribution in [0.4, 0.5) is 5.82 Å². The summed E-state index contributed by atoms with van der Waals surface area (Å²) in [7, 11) is -4.04. The molecule has 0 bridgehead atoms. The summed E-state index contributed by atoms with van der Waals surface area (Å²) in [5.74, 6) is -1.43. The molecule has 2 aliphatic rings. The maximum Gasteiger partial charge on any atom is 0.245 e. The van der Waals surface area contributed by atoms with Crippen molar-refractivity contribution in [1.29, 1.82) is 5.26 Å². The summed E-state index contributed by atoms with van der Waals surface area (Å²) in [6.07, 6.45) is 5.62. The molecular weight excluding hydrogens is 428 g/mol. The molecular formula is C23H32N4O4S. The molecule has 0 unspecified atom stereocenters. The number of aromatic nitrogens is 1. The van der Waals surface area contributed by atoms with Crippen molar-refractivity contribution in [1.82, 2.24) is 10.3 Å². The normalized spacial score (nSPS) is 17.8. The van der Waals surface area contributed by atoms with Crippen LogP contribution in [0.1, 0.15) is 79.9 Å². The summed E-state index contributed by atoms with van der Waals surface area (Å²) in [6.45, 7) is 4.77. The number of carbonyl (C=O) groups excluding carboxylic acids is 2. The van der Waals surface area contributed by atoms with Gasteiger partial charge in [0, 0.05) is 17.9 Å². The van der Waals surface area contributed by atoms with Crippen molar-refractivity contribution in [2.24, 2.45) is 11.8 Å². The number of nitriles is 1. The van der Waals surface area contributed by atoms with E-state index < -0.39 is 21.8 Å². The molecule has 9 heteroatoms. The van der Waals surface area contributed by atoms with Crippen molar-refractivity contribution in [2.45, 2.75) is 65.2 Å². The molecule has 1 saturated heterocycles. The number of hydrogen-bond donors (Lipinski definition) is 1. The number of nitrogens with one attached hydrogen (secondary N) is 1. The highest BCUT2D eigenvalue weighted by molar-refractivity contribution is 7.93. The third-order valence-corrected chi connectivity index (χ3v) is 8.17. The maximum absolute atomic E-state index is 13.5. The van der Waals surface area contributed by atoms with E-state index in [1.165, 1.54) is 6.07 Å². The minimum absolute atomic E-state index is 0.000334. The number of pyridine rings is 1. The minimum Gasteiger partial charge on any atom is -0.317 e. The van der Waals surface area contributed by atoms with Crippen LogP contribution in [0.2, 0.25) is 0 Å². The first kappa shape index (κ1) is 24.3. The molecule has 1 aromatic heterocycles. The Labute approximate surface area is 190 Å². The molecule has 174 valence electrons. The molecule has 1 aliphatic heterocycles. The lowest BCUT2D eigenvalue weighted by molar-refractivity contribution is -0.121. The molecule has 8 nitrogen and oxygen atoms in total. The molecule has 2 heterocycles. The lowest BCUT2D eigenvalue weighted by Crippen LogP contribution is -2.46. The van der Waals surface area contributed by atoms with Gasteiger partial charge in [0.15, 0.2) is 11.6 Å². The monoisotopic (exact) mass is 460 g/mol. The van der Waals surface area contributed by atoms with Crippen LogP contribution in [0.25, 0.3) is 0 Å². The topological polar surface area (TPSA) is 120 Å². The second-order valence-electron chi connectivity index (χ2n) is 8.83. The van der Waals surface area contributed by atoms with Gasteiger partial charge in [-0.05, 0) is 64.1 Å². The molecule has 0 spiro atoms. The van der Waals surface area contributed by atoms with Gasteiger partial charge in [-0.1, -0.05) is 19.8 Å². The van der Waals surface area contributed by atoms with Gasteiger partial charge in [0.25, 0.3) is 0 Å². The van der Waals surface area contributed by atoms with Crippen LogP contribution >= 0.6 is 0 Å². The van der Waals surface area contributed by atoms with Gasteiger partial charge in [-0.25, -0.2) is 13.4 Å². The van der Waals surface area contributed by atoms with E-state index in [1.807, 2.05) is 13.0 Å². The van der Waals surface area contributed by atoms with Gasteiger partial charge in [-0.3, -0.25) is 9.59 Å². The zero-order valence-corrected chi connectivity index (χ0v) is 19.7. The van der Waals surface area contributed by atoms with Crippen LogP contribution in [0.3, 0.4) is 0 Å². The summed E-state index contributed by atoms with van der Waals surface area (Å²) in [5, 5.41) is 13.0. The first-order valence-electron chi connectivity index (χ1n) is 11.5. The van der Waals surface area contributed by atoms with E-state index in [9.17, 15) is 23.3 Å². The summed E-state index contributed by atoms with van der Waals surface area (Å²) in [6, 6.07) is 3.37. The van der Waals surface area contributed by atoms with E-state index in [-0.39, 0.29) is 28.8 Å². The fourth-order valence-electron chi connectivity index (χ4n) is 4.63. The minimum atomic E-state index is -4.04. The first-order valence-corrected chi connectivity index (χ1v) is 13.1. The van der Waals surface area contributed by atoms with Gasteiger partial charge in [0.05, 0.1) is 17.0 Å². The SMILES string of the molecule is CCCC(=O)c1cc(C#N)c(N(C(=O)C2CCNCC2)S(=O)(=O)CC2CCCC2)nc1C. The van der Waals surface area contributed by atoms with Crippen LogP contribution in [-0.4, -0.2) is 43.9 Å². The third-order valence-electron chi connectivity index (χ3n) is 6.37. The largest absolute Gasteiger partial charge is 0.317 e.